The Bertz CT molecular complexity index is 546. The molecular formula is C20H33N5O. The van der Waals surface area contributed by atoms with E-state index in [2.05, 4.69) is 39.2 Å². The number of nitrogens with one attached hydrogen (secondary N) is 1. The van der Waals surface area contributed by atoms with Gasteiger partial charge in [-0.3, -0.25) is 0 Å². The predicted octanol–water partition coefficient (Wildman–Crippen LogP) is 2.70. The molecule has 2 saturated heterocycles. The van der Waals surface area contributed by atoms with Crippen molar-refractivity contribution in [3.05, 3.63) is 23.9 Å². The summed E-state index contributed by atoms with van der Waals surface area (Å²) < 4.78 is 0. The van der Waals surface area contributed by atoms with Crippen LogP contribution in [-0.4, -0.2) is 66.6 Å². The van der Waals surface area contributed by atoms with E-state index in [0.717, 1.165) is 70.0 Å². The van der Waals surface area contributed by atoms with Crippen molar-refractivity contribution >= 4 is 11.8 Å². The first-order valence-corrected chi connectivity index (χ1v) is 10.2. The zero-order valence-corrected chi connectivity index (χ0v) is 16.1. The van der Waals surface area contributed by atoms with Crippen LogP contribution in [-0.2, 0) is 6.54 Å². The number of hydrogen-bond donors (Lipinski definition) is 1. The number of hydrogen-bond acceptors (Lipinski definition) is 4. The second-order valence-electron chi connectivity index (χ2n) is 7.36. The normalized spacial score (nSPS) is 19.7. The molecule has 1 aromatic heterocycles. The molecule has 1 N–H and O–H groups in total. The Morgan fingerprint density at radius 1 is 1.00 bits per heavy atom. The highest BCUT2D eigenvalue weighted by atomic mass is 16.2. The Morgan fingerprint density at radius 2 is 1.69 bits per heavy atom. The lowest BCUT2D eigenvalue weighted by molar-refractivity contribution is 0.192. The molecule has 1 aromatic rings. The first-order valence-electron chi connectivity index (χ1n) is 10.2. The lowest BCUT2D eigenvalue weighted by Gasteiger charge is -2.34. The number of carbonyl (C=O) groups excluding carboxylic acids is 1. The van der Waals surface area contributed by atoms with Gasteiger partial charge in [-0.1, -0.05) is 32.3 Å². The second kappa shape index (κ2) is 9.76. The number of urea groups is 1. The van der Waals surface area contributed by atoms with Crippen molar-refractivity contribution in [1.29, 1.82) is 0 Å². The fraction of sp³-hybridized carbons (Fsp3) is 0.700. The largest absolute Gasteiger partial charge is 0.354 e. The van der Waals surface area contributed by atoms with Gasteiger partial charge in [0.05, 0.1) is 0 Å². The van der Waals surface area contributed by atoms with Gasteiger partial charge in [0, 0.05) is 52.0 Å². The number of pyridine rings is 1. The third-order valence-corrected chi connectivity index (χ3v) is 5.54. The summed E-state index contributed by atoms with van der Waals surface area (Å²) in [5, 5.41) is 3.06. The minimum Gasteiger partial charge on any atom is -0.354 e. The van der Waals surface area contributed by atoms with Crippen LogP contribution in [0.3, 0.4) is 0 Å². The van der Waals surface area contributed by atoms with Gasteiger partial charge >= 0.3 is 6.03 Å². The molecule has 3 rings (SSSR count). The summed E-state index contributed by atoms with van der Waals surface area (Å²) in [6.45, 7) is 9.92. The van der Waals surface area contributed by atoms with Gasteiger partial charge in [0.15, 0.2) is 0 Å². The monoisotopic (exact) mass is 359 g/mol. The average Bonchev–Trinajstić information content (AvgIpc) is 2.66. The smallest absolute Gasteiger partial charge is 0.317 e. The van der Waals surface area contributed by atoms with Crippen LogP contribution in [0.1, 0.15) is 44.6 Å². The summed E-state index contributed by atoms with van der Waals surface area (Å²) in [5.74, 6) is 1.04. The molecule has 6 nitrogen and oxygen atoms in total. The third-order valence-electron chi connectivity index (χ3n) is 5.54. The molecule has 0 spiro atoms. The van der Waals surface area contributed by atoms with E-state index in [1.54, 1.807) is 0 Å². The van der Waals surface area contributed by atoms with Crippen LogP contribution in [0.2, 0.25) is 0 Å². The Hall–Kier alpha value is -1.82. The van der Waals surface area contributed by atoms with E-state index in [-0.39, 0.29) is 6.03 Å². The number of nitrogens with zero attached hydrogens (tertiary/aromatic N) is 4. The van der Waals surface area contributed by atoms with Crippen LogP contribution in [0, 0.1) is 0 Å². The lowest BCUT2D eigenvalue weighted by atomic mass is 10.1. The molecule has 3 heterocycles. The van der Waals surface area contributed by atoms with Crippen molar-refractivity contribution in [2.45, 2.75) is 45.6 Å². The third kappa shape index (κ3) is 5.34. The van der Waals surface area contributed by atoms with Crippen molar-refractivity contribution in [3.8, 4) is 0 Å². The summed E-state index contributed by atoms with van der Waals surface area (Å²) in [7, 11) is 0. The summed E-state index contributed by atoms with van der Waals surface area (Å²) in [5.41, 5.74) is 1.06. The second-order valence-corrected chi connectivity index (χ2v) is 7.36. The minimum absolute atomic E-state index is 0.0617. The van der Waals surface area contributed by atoms with E-state index in [9.17, 15) is 4.79 Å². The molecule has 26 heavy (non-hydrogen) atoms. The SMILES string of the molecule is CCN1CCN(c2ccc(CNC(=O)N3CCCCCCC3)cn2)CC1. The molecule has 0 aliphatic carbocycles. The number of anilines is 1. The Labute approximate surface area is 157 Å². The van der Waals surface area contributed by atoms with Gasteiger partial charge in [-0.25, -0.2) is 9.78 Å². The average molecular weight is 360 g/mol. The maximum absolute atomic E-state index is 12.4. The highest BCUT2D eigenvalue weighted by molar-refractivity contribution is 5.74. The molecule has 6 heteroatoms. The van der Waals surface area contributed by atoms with Gasteiger partial charge in [0.1, 0.15) is 5.82 Å². The molecule has 144 valence electrons. The van der Waals surface area contributed by atoms with Crippen LogP contribution in [0.15, 0.2) is 18.3 Å². The van der Waals surface area contributed by atoms with Crippen LogP contribution in [0.4, 0.5) is 10.6 Å². The number of carbonyl (C=O) groups is 1. The number of aromatic nitrogens is 1. The number of rotatable bonds is 4. The highest BCUT2D eigenvalue weighted by Crippen LogP contribution is 2.14. The fourth-order valence-corrected chi connectivity index (χ4v) is 3.74. The predicted molar refractivity (Wildman–Crippen MR) is 105 cm³/mol. The van der Waals surface area contributed by atoms with Gasteiger partial charge < -0.3 is 20.0 Å². The maximum atomic E-state index is 12.4. The van der Waals surface area contributed by atoms with Crippen LogP contribution in [0.5, 0.6) is 0 Å². The maximum Gasteiger partial charge on any atom is 0.317 e. The van der Waals surface area contributed by atoms with Crippen LogP contribution < -0.4 is 10.2 Å². The summed E-state index contributed by atoms with van der Waals surface area (Å²) in [4.78, 5) is 23.8. The van der Waals surface area contributed by atoms with Gasteiger partial charge in [-0.2, -0.15) is 0 Å². The summed E-state index contributed by atoms with van der Waals surface area (Å²) >= 11 is 0. The topological polar surface area (TPSA) is 51.7 Å². The molecule has 2 amide bonds. The molecule has 0 bridgehead atoms. The fourth-order valence-electron chi connectivity index (χ4n) is 3.74. The van der Waals surface area contributed by atoms with Gasteiger partial charge in [0.25, 0.3) is 0 Å². The molecule has 0 radical (unpaired) electrons. The Morgan fingerprint density at radius 3 is 2.31 bits per heavy atom. The van der Waals surface area contributed by atoms with Crippen molar-refractivity contribution in [3.63, 3.8) is 0 Å². The molecule has 0 atom stereocenters. The van der Waals surface area contributed by atoms with Gasteiger partial charge in [-0.15, -0.1) is 0 Å². The van der Waals surface area contributed by atoms with E-state index >= 15 is 0 Å². The summed E-state index contributed by atoms with van der Waals surface area (Å²) in [6, 6.07) is 4.23. The number of likely N-dealkylation sites (N-methyl/N-ethyl adjacent to an activating group) is 1. The molecule has 2 aliphatic rings. The van der Waals surface area contributed by atoms with E-state index in [4.69, 9.17) is 0 Å². The van der Waals surface area contributed by atoms with Gasteiger partial charge in [-0.05, 0) is 31.0 Å². The number of piperazine rings is 1. The van der Waals surface area contributed by atoms with E-state index in [0.29, 0.717) is 6.54 Å². The Kier molecular flexibility index (Phi) is 7.12. The number of amides is 2. The zero-order valence-electron chi connectivity index (χ0n) is 16.1. The first kappa shape index (κ1) is 19.0. The zero-order chi connectivity index (χ0) is 18.2. The van der Waals surface area contributed by atoms with Crippen molar-refractivity contribution in [1.82, 2.24) is 20.1 Å². The molecule has 0 aromatic carbocycles. The quantitative estimate of drug-likeness (QED) is 0.898. The molecule has 0 saturated carbocycles. The number of likely N-dealkylation sites (tertiary alicyclic amines) is 1. The molecule has 2 aliphatic heterocycles. The molecule has 0 unspecified atom stereocenters. The minimum atomic E-state index is 0.0617. The van der Waals surface area contributed by atoms with E-state index in [1.807, 2.05) is 11.1 Å². The van der Waals surface area contributed by atoms with Crippen molar-refractivity contribution in [2.24, 2.45) is 0 Å². The molecule has 2 fully saturated rings. The Balaban J connectivity index is 1.46. The highest BCUT2D eigenvalue weighted by Gasteiger charge is 2.17. The first-order chi connectivity index (χ1) is 12.8. The van der Waals surface area contributed by atoms with E-state index in [1.165, 1.54) is 19.3 Å². The van der Waals surface area contributed by atoms with Crippen LogP contribution in [0.25, 0.3) is 0 Å². The van der Waals surface area contributed by atoms with Gasteiger partial charge in [0.2, 0.25) is 0 Å². The van der Waals surface area contributed by atoms with Crippen molar-refractivity contribution in [2.75, 3.05) is 50.7 Å². The van der Waals surface area contributed by atoms with E-state index < -0.39 is 0 Å². The standard InChI is InChI=1S/C20H33N5O/c1-2-23-12-14-24(15-13-23)19-9-8-18(16-21-19)17-22-20(26)25-10-6-4-3-5-7-11-25/h8-9,16H,2-7,10-15,17H2,1H3,(H,22,26). The molecular weight excluding hydrogens is 326 g/mol. The van der Waals surface area contributed by atoms with Crippen LogP contribution >= 0.6 is 0 Å². The summed E-state index contributed by atoms with van der Waals surface area (Å²) in [6.07, 6.45) is 7.92. The van der Waals surface area contributed by atoms with Crippen molar-refractivity contribution < 1.29 is 4.79 Å². The lowest BCUT2D eigenvalue weighted by Crippen LogP contribution is -2.46.